The molecular formula is C11H5F3N4. The predicted molar refractivity (Wildman–Crippen MR) is 57.0 cm³/mol. The molecule has 1 N–H and O–H groups in total. The lowest BCUT2D eigenvalue weighted by Gasteiger charge is -2.02. The maximum absolute atomic E-state index is 13.1. The summed E-state index contributed by atoms with van der Waals surface area (Å²) in [7, 11) is 0. The van der Waals surface area contributed by atoms with Gasteiger partial charge < -0.3 is 0 Å². The number of H-pyrrole nitrogens is 1. The molecule has 0 fully saturated rings. The fraction of sp³-hybridized carbons (Fsp3) is 0. The number of benzene rings is 1. The van der Waals surface area contributed by atoms with E-state index in [1.165, 1.54) is 12.4 Å². The third-order valence-corrected chi connectivity index (χ3v) is 2.44. The van der Waals surface area contributed by atoms with Gasteiger partial charge in [-0.2, -0.15) is 5.10 Å². The summed E-state index contributed by atoms with van der Waals surface area (Å²) in [6.07, 6.45) is 2.81. The van der Waals surface area contributed by atoms with Crippen LogP contribution in [0.25, 0.3) is 22.4 Å². The molecule has 0 bridgehead atoms. The first-order valence-electron chi connectivity index (χ1n) is 4.96. The Hall–Kier alpha value is -2.44. The molecule has 1 aromatic carbocycles. The minimum atomic E-state index is -1.51. The quantitative estimate of drug-likeness (QED) is 0.675. The van der Waals surface area contributed by atoms with E-state index >= 15 is 0 Å². The van der Waals surface area contributed by atoms with Gasteiger partial charge in [0.2, 0.25) is 0 Å². The summed E-state index contributed by atoms with van der Waals surface area (Å²) in [5.74, 6) is -4.04. The Morgan fingerprint density at radius 2 is 1.72 bits per heavy atom. The van der Waals surface area contributed by atoms with Crippen molar-refractivity contribution in [2.75, 3.05) is 0 Å². The number of aromatic amines is 1. The number of hydrogen-bond acceptors (Lipinski definition) is 3. The fourth-order valence-electron chi connectivity index (χ4n) is 1.57. The summed E-state index contributed by atoms with van der Waals surface area (Å²) >= 11 is 0. The summed E-state index contributed by atoms with van der Waals surface area (Å²) in [6, 6.07) is 1.73. The average Bonchev–Trinajstić information content (AvgIpc) is 2.82. The summed E-state index contributed by atoms with van der Waals surface area (Å²) in [4.78, 5) is 8.09. The monoisotopic (exact) mass is 250 g/mol. The van der Waals surface area contributed by atoms with Crippen LogP contribution >= 0.6 is 0 Å². The molecule has 7 heteroatoms. The molecule has 0 aliphatic heterocycles. The van der Waals surface area contributed by atoms with Crippen LogP contribution in [0.1, 0.15) is 0 Å². The Balaban J connectivity index is 2.19. The molecule has 18 heavy (non-hydrogen) atoms. The van der Waals surface area contributed by atoms with Gasteiger partial charge in [-0.15, -0.1) is 0 Å². The van der Waals surface area contributed by atoms with Crippen LogP contribution in [0.2, 0.25) is 0 Å². The van der Waals surface area contributed by atoms with E-state index in [9.17, 15) is 13.2 Å². The van der Waals surface area contributed by atoms with Crippen LogP contribution < -0.4 is 0 Å². The van der Waals surface area contributed by atoms with Crippen molar-refractivity contribution in [2.45, 2.75) is 0 Å². The third kappa shape index (κ3) is 1.60. The van der Waals surface area contributed by atoms with E-state index in [0.717, 1.165) is 12.1 Å². The minimum Gasteiger partial charge on any atom is -0.259 e. The third-order valence-electron chi connectivity index (χ3n) is 2.44. The van der Waals surface area contributed by atoms with Gasteiger partial charge in [0.05, 0.1) is 18.1 Å². The van der Waals surface area contributed by atoms with E-state index in [1.807, 2.05) is 0 Å². The highest BCUT2D eigenvalue weighted by atomic mass is 19.2. The number of hydrogen-bond donors (Lipinski definition) is 1. The van der Waals surface area contributed by atoms with Crippen molar-refractivity contribution in [3.63, 3.8) is 0 Å². The van der Waals surface area contributed by atoms with Gasteiger partial charge in [0.15, 0.2) is 23.1 Å². The van der Waals surface area contributed by atoms with Crippen molar-refractivity contribution in [3.8, 4) is 11.3 Å². The van der Waals surface area contributed by atoms with E-state index < -0.39 is 17.5 Å². The van der Waals surface area contributed by atoms with Gasteiger partial charge in [0.1, 0.15) is 5.52 Å². The molecule has 0 aliphatic carbocycles. The molecule has 0 unspecified atom stereocenters. The second kappa shape index (κ2) is 3.80. The zero-order chi connectivity index (χ0) is 12.7. The molecule has 2 heterocycles. The molecule has 3 aromatic rings. The number of rotatable bonds is 1. The Bertz CT molecular complexity index is 715. The van der Waals surface area contributed by atoms with E-state index in [-0.39, 0.29) is 11.3 Å². The SMILES string of the molecule is Fc1cc(-c2cnc3cn[nH]c3n2)cc(F)c1F. The van der Waals surface area contributed by atoms with Crippen LogP contribution in [0.15, 0.2) is 24.5 Å². The first-order valence-corrected chi connectivity index (χ1v) is 4.96. The van der Waals surface area contributed by atoms with Crippen molar-refractivity contribution in [1.29, 1.82) is 0 Å². The minimum absolute atomic E-state index is 0.107. The van der Waals surface area contributed by atoms with Crippen LogP contribution in [0.5, 0.6) is 0 Å². The van der Waals surface area contributed by atoms with E-state index in [2.05, 4.69) is 20.2 Å². The number of halogens is 3. The van der Waals surface area contributed by atoms with Crippen LogP contribution in [-0.4, -0.2) is 20.2 Å². The lowest BCUT2D eigenvalue weighted by Crippen LogP contribution is -1.94. The molecule has 0 saturated carbocycles. The molecule has 0 amide bonds. The first kappa shape index (κ1) is 10.7. The number of nitrogens with zero attached hydrogens (tertiary/aromatic N) is 3. The standard InChI is InChI=1S/C11H5F3N4/c12-6-1-5(2-7(13)10(6)14)8-3-15-9-4-16-18-11(9)17-8/h1-4H,(H,16,17,18). The van der Waals surface area contributed by atoms with Gasteiger partial charge in [-0.1, -0.05) is 0 Å². The average molecular weight is 250 g/mol. The summed E-state index contributed by atoms with van der Waals surface area (Å²) in [6.45, 7) is 0. The Morgan fingerprint density at radius 3 is 2.44 bits per heavy atom. The highest BCUT2D eigenvalue weighted by molar-refractivity contribution is 5.72. The molecule has 0 aliphatic rings. The molecular weight excluding hydrogens is 245 g/mol. The normalized spacial score (nSPS) is 11.1. The Labute approximate surface area is 98.5 Å². The first-order chi connectivity index (χ1) is 8.65. The maximum Gasteiger partial charge on any atom is 0.194 e. The second-order valence-corrected chi connectivity index (χ2v) is 3.61. The molecule has 3 rings (SSSR count). The summed E-state index contributed by atoms with van der Waals surface area (Å²) in [5.41, 5.74) is 1.25. The highest BCUT2D eigenvalue weighted by Gasteiger charge is 2.13. The van der Waals surface area contributed by atoms with Crippen LogP contribution in [-0.2, 0) is 0 Å². The number of fused-ring (bicyclic) bond motifs is 1. The number of aromatic nitrogens is 4. The molecule has 4 nitrogen and oxygen atoms in total. The van der Waals surface area contributed by atoms with E-state index in [0.29, 0.717) is 11.2 Å². The highest BCUT2D eigenvalue weighted by Crippen LogP contribution is 2.22. The Kier molecular flexibility index (Phi) is 2.26. The van der Waals surface area contributed by atoms with Crippen molar-refractivity contribution < 1.29 is 13.2 Å². The van der Waals surface area contributed by atoms with Crippen molar-refractivity contribution in [2.24, 2.45) is 0 Å². The molecule has 0 atom stereocenters. The van der Waals surface area contributed by atoms with Crippen molar-refractivity contribution >= 4 is 11.2 Å². The maximum atomic E-state index is 13.1. The summed E-state index contributed by atoms with van der Waals surface area (Å²) < 4.78 is 39.0. The summed E-state index contributed by atoms with van der Waals surface area (Å²) in [5, 5.41) is 6.31. The van der Waals surface area contributed by atoms with Gasteiger partial charge >= 0.3 is 0 Å². The van der Waals surface area contributed by atoms with Gasteiger partial charge in [-0.05, 0) is 12.1 Å². The molecule has 2 aromatic heterocycles. The molecule has 0 radical (unpaired) electrons. The molecule has 0 saturated heterocycles. The van der Waals surface area contributed by atoms with Gasteiger partial charge in [-0.25, -0.2) is 23.1 Å². The Morgan fingerprint density at radius 1 is 1.00 bits per heavy atom. The van der Waals surface area contributed by atoms with E-state index in [1.54, 1.807) is 0 Å². The van der Waals surface area contributed by atoms with Gasteiger partial charge in [0.25, 0.3) is 0 Å². The molecule has 0 spiro atoms. The largest absolute Gasteiger partial charge is 0.259 e. The van der Waals surface area contributed by atoms with Gasteiger partial charge in [0, 0.05) is 5.56 Å². The smallest absolute Gasteiger partial charge is 0.194 e. The topological polar surface area (TPSA) is 54.5 Å². The van der Waals surface area contributed by atoms with E-state index in [4.69, 9.17) is 0 Å². The lowest BCUT2D eigenvalue weighted by atomic mass is 10.1. The zero-order valence-electron chi connectivity index (χ0n) is 8.78. The zero-order valence-corrected chi connectivity index (χ0v) is 8.78. The van der Waals surface area contributed by atoms with Crippen molar-refractivity contribution in [1.82, 2.24) is 20.2 Å². The van der Waals surface area contributed by atoms with Crippen LogP contribution in [0, 0.1) is 17.5 Å². The number of nitrogens with one attached hydrogen (secondary N) is 1. The predicted octanol–water partition coefficient (Wildman–Crippen LogP) is 2.44. The molecule has 90 valence electrons. The van der Waals surface area contributed by atoms with Crippen molar-refractivity contribution in [3.05, 3.63) is 42.0 Å². The lowest BCUT2D eigenvalue weighted by molar-refractivity contribution is 0.447. The fourth-order valence-corrected chi connectivity index (χ4v) is 1.57. The van der Waals surface area contributed by atoms with Crippen LogP contribution in [0.3, 0.4) is 0 Å². The second-order valence-electron chi connectivity index (χ2n) is 3.61. The van der Waals surface area contributed by atoms with Gasteiger partial charge in [-0.3, -0.25) is 5.10 Å². The van der Waals surface area contributed by atoms with Crippen LogP contribution in [0.4, 0.5) is 13.2 Å².